The molecule has 2 aliphatic rings. The van der Waals surface area contributed by atoms with Crippen molar-refractivity contribution in [2.24, 2.45) is 0 Å². The third-order valence-corrected chi connectivity index (χ3v) is 7.52. The number of nitrogens with zero attached hydrogens (tertiary/aromatic N) is 3. The Morgan fingerprint density at radius 2 is 1.78 bits per heavy atom. The maximum absolute atomic E-state index is 11.8. The lowest BCUT2D eigenvalue weighted by atomic mass is 9.91. The first kappa shape index (κ1) is 24.3. The largest absolute Gasteiger partial charge is 0.377 e. The van der Waals surface area contributed by atoms with Gasteiger partial charge in [-0.15, -0.1) is 0 Å². The van der Waals surface area contributed by atoms with Gasteiger partial charge in [-0.1, -0.05) is 30.3 Å². The van der Waals surface area contributed by atoms with Gasteiger partial charge in [0.2, 0.25) is 5.95 Å². The van der Waals surface area contributed by atoms with Crippen LogP contribution < -0.4 is 20.9 Å². The van der Waals surface area contributed by atoms with Gasteiger partial charge < -0.3 is 15.5 Å². The first-order valence-corrected chi connectivity index (χ1v) is 13.0. The van der Waals surface area contributed by atoms with Gasteiger partial charge in [0.05, 0.1) is 10.6 Å². The van der Waals surface area contributed by atoms with Gasteiger partial charge in [0.25, 0.3) is 11.1 Å². The van der Waals surface area contributed by atoms with Crippen LogP contribution in [0.1, 0.15) is 36.9 Å². The smallest absolute Gasteiger partial charge is 0.290 e. The SMILES string of the molecule is CN(C)c1ccc(CN[C@H]2CC[C@H](Nc3nccc(C=C4SC(=O)NC4=O)n3)CC2)c2ccccc12. The zero-order valence-electron chi connectivity index (χ0n) is 20.5. The zero-order chi connectivity index (χ0) is 25.1. The molecule has 5 rings (SSSR count). The van der Waals surface area contributed by atoms with Crippen molar-refractivity contribution in [1.29, 1.82) is 0 Å². The van der Waals surface area contributed by atoms with Gasteiger partial charge in [0, 0.05) is 50.0 Å². The number of aromatic nitrogens is 2. The average molecular weight is 503 g/mol. The Bertz CT molecular complexity index is 1320. The summed E-state index contributed by atoms with van der Waals surface area (Å²) in [5, 5.41) is 11.7. The van der Waals surface area contributed by atoms with Crippen molar-refractivity contribution in [2.75, 3.05) is 24.3 Å². The highest BCUT2D eigenvalue weighted by molar-refractivity contribution is 8.18. The van der Waals surface area contributed by atoms with Crippen LogP contribution in [0.25, 0.3) is 16.8 Å². The maximum atomic E-state index is 11.8. The highest BCUT2D eigenvalue weighted by Gasteiger charge is 2.25. The van der Waals surface area contributed by atoms with Crippen LogP contribution >= 0.6 is 11.8 Å². The first-order valence-electron chi connectivity index (χ1n) is 12.2. The molecule has 3 N–H and O–H groups in total. The Labute approximate surface area is 215 Å². The van der Waals surface area contributed by atoms with Crippen molar-refractivity contribution in [1.82, 2.24) is 20.6 Å². The maximum Gasteiger partial charge on any atom is 0.290 e. The molecule has 0 unspecified atom stereocenters. The molecular weight excluding hydrogens is 472 g/mol. The Hall–Kier alpha value is -3.43. The van der Waals surface area contributed by atoms with Crippen molar-refractivity contribution in [3.8, 4) is 0 Å². The van der Waals surface area contributed by atoms with Crippen molar-refractivity contribution in [2.45, 2.75) is 44.3 Å². The van der Waals surface area contributed by atoms with E-state index < -0.39 is 0 Å². The molecular formula is C27H30N6O2S. The Balaban J connectivity index is 1.15. The fraction of sp³-hybridized carbons (Fsp3) is 0.333. The summed E-state index contributed by atoms with van der Waals surface area (Å²) in [4.78, 5) is 34.5. The van der Waals surface area contributed by atoms with Crippen LogP contribution in [0.4, 0.5) is 16.4 Å². The number of nitrogens with one attached hydrogen (secondary N) is 3. The van der Waals surface area contributed by atoms with Crippen LogP contribution in [0.2, 0.25) is 0 Å². The fourth-order valence-electron chi connectivity index (χ4n) is 4.85. The number of fused-ring (bicyclic) bond motifs is 1. The Morgan fingerprint density at radius 3 is 2.50 bits per heavy atom. The van der Waals surface area contributed by atoms with E-state index in [-0.39, 0.29) is 11.1 Å². The topological polar surface area (TPSA) is 99.2 Å². The molecule has 1 saturated heterocycles. The number of hydrogen-bond acceptors (Lipinski definition) is 8. The molecule has 1 aliphatic carbocycles. The van der Waals surface area contributed by atoms with Gasteiger partial charge in [-0.2, -0.15) is 0 Å². The second kappa shape index (κ2) is 10.7. The number of thioether (sulfide) groups is 1. The lowest BCUT2D eigenvalue weighted by Crippen LogP contribution is -2.37. The van der Waals surface area contributed by atoms with Crippen LogP contribution in [0.3, 0.4) is 0 Å². The van der Waals surface area contributed by atoms with Crippen LogP contribution in [0.15, 0.2) is 53.6 Å². The van der Waals surface area contributed by atoms with Crippen LogP contribution in [0, 0.1) is 0 Å². The minimum absolute atomic E-state index is 0.303. The second-order valence-electron chi connectivity index (χ2n) is 9.41. The molecule has 186 valence electrons. The summed E-state index contributed by atoms with van der Waals surface area (Å²) in [6.07, 6.45) is 7.49. The molecule has 1 saturated carbocycles. The van der Waals surface area contributed by atoms with Gasteiger partial charge in [-0.25, -0.2) is 9.97 Å². The van der Waals surface area contributed by atoms with Gasteiger partial charge in [0.15, 0.2) is 0 Å². The number of imide groups is 1. The third kappa shape index (κ3) is 5.52. The molecule has 3 aromatic rings. The van der Waals surface area contributed by atoms with E-state index in [0.717, 1.165) is 44.0 Å². The van der Waals surface area contributed by atoms with Crippen molar-refractivity contribution < 1.29 is 9.59 Å². The Kier molecular flexibility index (Phi) is 7.20. The monoisotopic (exact) mass is 502 g/mol. The van der Waals surface area contributed by atoms with Gasteiger partial charge >= 0.3 is 0 Å². The Morgan fingerprint density at radius 1 is 1.03 bits per heavy atom. The van der Waals surface area contributed by atoms with Crippen molar-refractivity contribution >= 4 is 51.4 Å². The third-order valence-electron chi connectivity index (χ3n) is 6.71. The molecule has 9 heteroatoms. The second-order valence-corrected chi connectivity index (χ2v) is 10.4. The molecule has 2 aromatic carbocycles. The summed E-state index contributed by atoms with van der Waals surface area (Å²) >= 11 is 0.887. The molecule has 2 heterocycles. The minimum atomic E-state index is -0.384. The van der Waals surface area contributed by atoms with Crippen LogP contribution in [0.5, 0.6) is 0 Å². The normalized spacial score (nSPS) is 21.1. The van der Waals surface area contributed by atoms with Crippen LogP contribution in [-0.2, 0) is 11.3 Å². The van der Waals surface area contributed by atoms with E-state index in [9.17, 15) is 9.59 Å². The number of hydrogen-bond donors (Lipinski definition) is 3. The van der Waals surface area contributed by atoms with E-state index in [1.807, 2.05) is 0 Å². The fourth-order valence-corrected chi connectivity index (χ4v) is 5.51. The van der Waals surface area contributed by atoms with Crippen molar-refractivity contribution in [3.05, 3.63) is 64.8 Å². The summed E-state index contributed by atoms with van der Waals surface area (Å²) in [6.45, 7) is 0.852. The summed E-state index contributed by atoms with van der Waals surface area (Å²) in [7, 11) is 4.17. The molecule has 36 heavy (non-hydrogen) atoms. The quantitative estimate of drug-likeness (QED) is 0.405. The van der Waals surface area contributed by atoms with Crippen LogP contribution in [-0.4, -0.2) is 47.3 Å². The van der Waals surface area contributed by atoms with Gasteiger partial charge in [0.1, 0.15) is 0 Å². The molecule has 0 radical (unpaired) electrons. The van der Waals surface area contributed by atoms with Gasteiger partial charge in [-0.3, -0.25) is 14.9 Å². The summed E-state index contributed by atoms with van der Waals surface area (Å²) in [5.74, 6) is 0.161. The lowest BCUT2D eigenvalue weighted by molar-refractivity contribution is -0.115. The summed E-state index contributed by atoms with van der Waals surface area (Å²) < 4.78 is 0. The predicted octanol–water partition coefficient (Wildman–Crippen LogP) is 4.53. The van der Waals surface area contributed by atoms with E-state index >= 15 is 0 Å². The number of amides is 2. The van der Waals surface area contributed by atoms with E-state index in [0.29, 0.717) is 28.6 Å². The highest BCUT2D eigenvalue weighted by Crippen LogP contribution is 2.29. The molecule has 1 aromatic heterocycles. The standard InChI is InChI=1S/C27H30N6O2S/c1-33(2)23-12-7-17(21-5-3-4-6-22(21)23)16-29-18-8-10-19(11-9-18)30-26-28-14-13-20(31-26)15-24-25(34)32-27(35)36-24/h3-7,12-15,18-19,29H,8-11,16H2,1-2H3,(H,28,30,31)(H,32,34,35)/t18-,19-. The molecule has 2 fully saturated rings. The number of carbonyl (C=O) groups excluding carboxylic acids is 2. The predicted molar refractivity (Wildman–Crippen MR) is 146 cm³/mol. The molecule has 8 nitrogen and oxygen atoms in total. The minimum Gasteiger partial charge on any atom is -0.377 e. The molecule has 2 amide bonds. The van der Waals surface area contributed by atoms with Gasteiger partial charge in [-0.05, 0) is 66.6 Å². The van der Waals surface area contributed by atoms with E-state index in [1.54, 1.807) is 18.3 Å². The molecule has 1 aliphatic heterocycles. The van der Waals surface area contributed by atoms with Crippen molar-refractivity contribution in [3.63, 3.8) is 0 Å². The zero-order valence-corrected chi connectivity index (χ0v) is 21.3. The summed E-state index contributed by atoms with van der Waals surface area (Å²) in [6, 6.07) is 15.6. The number of carbonyl (C=O) groups is 2. The molecule has 0 atom stereocenters. The average Bonchev–Trinajstić information content (AvgIpc) is 3.19. The highest BCUT2D eigenvalue weighted by atomic mass is 32.2. The molecule has 0 bridgehead atoms. The number of anilines is 2. The number of rotatable bonds is 7. The van der Waals surface area contributed by atoms with E-state index in [2.05, 4.69) is 81.3 Å². The first-order chi connectivity index (χ1) is 17.5. The van der Waals surface area contributed by atoms with E-state index in [1.165, 1.54) is 22.0 Å². The lowest BCUT2D eigenvalue weighted by Gasteiger charge is -2.30. The van der Waals surface area contributed by atoms with E-state index in [4.69, 9.17) is 0 Å². The molecule has 0 spiro atoms. The summed E-state index contributed by atoms with van der Waals surface area (Å²) in [5.41, 5.74) is 3.16. The number of benzene rings is 2.